The van der Waals surface area contributed by atoms with Crippen LogP contribution in [-0.2, 0) is 0 Å². The molecule has 0 aliphatic rings. The highest BCUT2D eigenvalue weighted by atomic mass is 28.4. The predicted octanol–water partition coefficient (Wildman–Crippen LogP) is 22.8. The summed E-state index contributed by atoms with van der Waals surface area (Å²) in [6.07, 6.45) is 18.3. The Balaban J connectivity index is 1.70. The van der Waals surface area contributed by atoms with Crippen LogP contribution in [0.25, 0.3) is 32.3 Å². The molecule has 0 spiro atoms. The third kappa shape index (κ3) is 14.7. The van der Waals surface area contributed by atoms with Gasteiger partial charge in [-0.1, -0.05) is 257 Å². The molecule has 0 amide bonds. The predicted molar refractivity (Wildman–Crippen MR) is 303 cm³/mol. The first kappa shape index (κ1) is 62.6. The summed E-state index contributed by atoms with van der Waals surface area (Å²) < 4.78 is 135. The van der Waals surface area contributed by atoms with E-state index < -0.39 is 117 Å². The number of rotatable bonds is 36. The van der Waals surface area contributed by atoms with Crippen LogP contribution >= 0.6 is 0 Å². The summed E-state index contributed by atoms with van der Waals surface area (Å²) >= 11 is 0. The Hall–Kier alpha value is -1.97. The second-order valence-electron chi connectivity index (χ2n) is 24.0. The Kier molecular flexibility index (Phi) is 24.7. The largest absolute Gasteiger partial charge is 0.541 e. The van der Waals surface area contributed by atoms with Crippen molar-refractivity contribution in [3.63, 3.8) is 0 Å². The molecule has 0 atom stereocenters. The summed E-state index contributed by atoms with van der Waals surface area (Å²) in [5.74, 6) is -15.5. The molecule has 1 nitrogen and oxygen atoms in total. The van der Waals surface area contributed by atoms with E-state index in [1.165, 1.54) is 67.6 Å². The zero-order valence-electron chi connectivity index (χ0n) is 47.0. The van der Waals surface area contributed by atoms with Crippen molar-refractivity contribution in [3.8, 4) is 5.75 Å². The third-order valence-electron chi connectivity index (χ3n) is 18.8. The molecule has 0 saturated heterocycles. The lowest BCUT2D eigenvalue weighted by Crippen LogP contribution is -2.44. The van der Waals surface area contributed by atoms with Gasteiger partial charge in [0.15, 0.2) is 34.8 Å². The normalized spacial score (nSPS) is 13.3. The van der Waals surface area contributed by atoms with E-state index in [9.17, 15) is 0 Å². The van der Waals surface area contributed by atoms with Crippen molar-refractivity contribution in [3.05, 3.63) is 52.6 Å². The minimum absolute atomic E-state index is 0.569. The molecule has 0 saturated carbocycles. The van der Waals surface area contributed by atoms with Gasteiger partial charge in [-0.2, -0.15) is 4.39 Å². The molecular formula is C59H95F8OSi4. The van der Waals surface area contributed by atoms with Crippen LogP contribution in [0, 0.1) is 52.6 Å². The fourth-order valence-electron chi connectivity index (χ4n) is 12.9. The van der Waals surface area contributed by atoms with E-state index in [1.54, 1.807) is 0 Å². The monoisotopic (exact) mass is 1080 g/mol. The van der Waals surface area contributed by atoms with E-state index in [2.05, 4.69) is 82.3 Å². The zero-order valence-corrected chi connectivity index (χ0v) is 51.0. The summed E-state index contributed by atoms with van der Waals surface area (Å²) in [7, 11) is -7.12. The molecule has 13 heteroatoms. The van der Waals surface area contributed by atoms with Gasteiger partial charge in [0.05, 0.1) is 35.7 Å². The van der Waals surface area contributed by atoms with Gasteiger partial charge in [-0.15, -0.1) is 0 Å². The van der Waals surface area contributed by atoms with Gasteiger partial charge >= 0.3 is 0 Å². The first-order valence-electron chi connectivity index (χ1n) is 28.9. The Morgan fingerprint density at radius 3 is 0.972 bits per heavy atom. The maximum atomic E-state index is 16.9. The molecule has 0 fully saturated rings. The average Bonchev–Trinajstić information content (AvgIpc) is 3.34. The van der Waals surface area contributed by atoms with Crippen molar-refractivity contribution < 1.29 is 39.5 Å². The molecule has 0 aromatic heterocycles. The molecule has 0 N–H and O–H groups in total. The van der Waals surface area contributed by atoms with Gasteiger partial charge in [-0.3, -0.25) is 0 Å². The number of hydrogen-bond acceptors (Lipinski definition) is 1. The maximum Gasteiger partial charge on any atom is 0.251 e. The van der Waals surface area contributed by atoms with Crippen molar-refractivity contribution in [2.45, 2.75) is 275 Å². The molecule has 0 heterocycles. The summed E-state index contributed by atoms with van der Waals surface area (Å²) in [6, 6.07) is 12.4. The molecule has 4 aromatic rings. The van der Waals surface area contributed by atoms with Gasteiger partial charge in [0.2, 0.25) is 5.82 Å². The van der Waals surface area contributed by atoms with Crippen LogP contribution in [0.5, 0.6) is 5.75 Å². The van der Waals surface area contributed by atoms with Crippen LogP contribution < -0.4 is 4.43 Å². The Labute approximate surface area is 435 Å². The Morgan fingerprint density at radius 1 is 0.347 bits per heavy atom. The second-order valence-corrected chi connectivity index (χ2v) is 45.3. The standard InChI is InChI=1S/C59H95F8OSi4/c1-13-69(11,14-2)35-29-23-17-19-25-31-37-71(38-32-26-20-18-24-30-36-70(12,15-3)16-4,39-33-27-21-22-28-34-40-72(42(5)6,43(7)8)44(9)10)68-59-52-50-49-47(53(62)55(64)51(50)56(65)58(59)67)45(60)41-46(61)48(49)54(63)57(52)66/h42-44H,13-40H2,1-12H3. The van der Waals surface area contributed by atoms with E-state index in [4.69, 9.17) is 4.43 Å². The first-order valence-corrected chi connectivity index (χ1v) is 40.1. The van der Waals surface area contributed by atoms with Gasteiger partial charge in [-0.25, -0.2) is 30.7 Å². The van der Waals surface area contributed by atoms with E-state index in [0.717, 1.165) is 96.3 Å². The molecule has 0 aliphatic carbocycles. The van der Waals surface area contributed by atoms with E-state index >= 15 is 35.1 Å². The van der Waals surface area contributed by atoms with Crippen LogP contribution in [0.4, 0.5) is 35.1 Å². The highest BCUT2D eigenvalue weighted by Crippen LogP contribution is 2.50. The quantitative estimate of drug-likeness (QED) is 0.0191. The SMILES string of the molecule is CC[Si](C)(CC)CCCCCCCC[Si](CCCCCCCC[Si](C)(CC)CC)(CCCCCCCC[Si](C(C)C)(C(C)C)C(C)C)Oc1c(F)c(F)c2c(F)c(F)c3c(F)[c]c(F)c4c(F)c(F)c1c2c34. The molecule has 0 unspecified atom stereocenters. The summed E-state index contributed by atoms with van der Waals surface area (Å²) in [4.78, 5) is 0. The van der Waals surface area contributed by atoms with Crippen molar-refractivity contribution in [1.29, 1.82) is 0 Å². The van der Waals surface area contributed by atoms with Gasteiger partial charge in [0, 0.05) is 26.9 Å². The van der Waals surface area contributed by atoms with E-state index in [1.807, 2.05) is 0 Å². The topological polar surface area (TPSA) is 9.23 Å². The van der Waals surface area contributed by atoms with Crippen LogP contribution in [-0.4, -0.2) is 32.5 Å². The van der Waals surface area contributed by atoms with Crippen LogP contribution in [0.3, 0.4) is 0 Å². The van der Waals surface area contributed by atoms with Gasteiger partial charge in [0.25, 0.3) is 8.32 Å². The lowest BCUT2D eigenvalue weighted by Gasteiger charge is -2.43. The molecule has 0 bridgehead atoms. The molecule has 409 valence electrons. The highest BCUT2D eigenvalue weighted by molar-refractivity contribution is 6.83. The van der Waals surface area contributed by atoms with E-state index in [-0.39, 0.29) is 0 Å². The van der Waals surface area contributed by atoms with Gasteiger partial charge < -0.3 is 4.43 Å². The minimum Gasteiger partial charge on any atom is -0.541 e. The summed E-state index contributed by atoms with van der Waals surface area (Å²) in [5.41, 5.74) is 2.13. The highest BCUT2D eigenvalue weighted by Gasteiger charge is 2.43. The van der Waals surface area contributed by atoms with Crippen molar-refractivity contribution in [1.82, 2.24) is 0 Å². The molecule has 72 heavy (non-hydrogen) atoms. The van der Waals surface area contributed by atoms with Gasteiger partial charge in [-0.05, 0) is 18.1 Å². The fourth-order valence-corrected chi connectivity index (χ4v) is 28.5. The Morgan fingerprint density at radius 2 is 0.625 bits per heavy atom. The van der Waals surface area contributed by atoms with Crippen molar-refractivity contribution in [2.24, 2.45) is 0 Å². The second kappa shape index (κ2) is 28.4. The zero-order chi connectivity index (χ0) is 53.6. The minimum atomic E-state index is -3.25. The fraction of sp³-hybridized carbons (Fsp3) is 0.729. The number of unbranched alkanes of at least 4 members (excludes halogenated alkanes) is 15. The summed E-state index contributed by atoms with van der Waals surface area (Å²) in [5, 5.41) is -6.44. The van der Waals surface area contributed by atoms with Crippen LogP contribution in [0.15, 0.2) is 0 Å². The first-order chi connectivity index (χ1) is 34.1. The van der Waals surface area contributed by atoms with Crippen LogP contribution in [0.1, 0.15) is 185 Å². The molecule has 1 radical (unpaired) electrons. The van der Waals surface area contributed by atoms with Crippen molar-refractivity contribution in [2.75, 3.05) is 0 Å². The number of hydrogen-bond donors (Lipinski definition) is 0. The maximum absolute atomic E-state index is 16.9. The Bertz CT molecular complexity index is 2210. The van der Waals surface area contributed by atoms with E-state index in [0.29, 0.717) is 34.8 Å². The van der Waals surface area contributed by atoms with Gasteiger partial charge in [0.1, 0.15) is 11.6 Å². The molecule has 4 rings (SSSR count). The third-order valence-corrected chi connectivity index (χ3v) is 40.8. The van der Waals surface area contributed by atoms with Crippen LogP contribution in [0.2, 0.25) is 90.2 Å². The summed E-state index contributed by atoms with van der Waals surface area (Å²) in [6.45, 7) is 28.7. The molecular weight excluding hydrogens is 989 g/mol. The molecule has 0 aliphatic heterocycles. The average molecular weight is 1080 g/mol. The van der Waals surface area contributed by atoms with Crippen molar-refractivity contribution >= 4 is 64.9 Å². The smallest absolute Gasteiger partial charge is 0.251 e. The lowest BCUT2D eigenvalue weighted by molar-refractivity contribution is 0.435. The number of halogens is 8. The molecule has 4 aromatic carbocycles. The number of benzene rings is 4. The lowest BCUT2D eigenvalue weighted by atomic mass is 9.91.